The van der Waals surface area contributed by atoms with Gasteiger partial charge in [-0.05, 0) is 37.0 Å². The van der Waals surface area contributed by atoms with Crippen LogP contribution in [0.25, 0.3) is 27.7 Å². The lowest BCUT2D eigenvalue weighted by Gasteiger charge is -2.33. The number of benzene rings is 1. The molecule has 0 radical (unpaired) electrons. The minimum Gasteiger partial charge on any atom is -0.368 e. The summed E-state index contributed by atoms with van der Waals surface area (Å²) in [7, 11) is 3.99. The Bertz CT molecular complexity index is 1500. The highest BCUT2D eigenvalue weighted by molar-refractivity contribution is 7.99. The van der Waals surface area contributed by atoms with E-state index in [0.717, 1.165) is 53.2 Å². The third kappa shape index (κ3) is 3.78. The highest BCUT2D eigenvalue weighted by Crippen LogP contribution is 2.34. The molecule has 1 aromatic carbocycles. The number of aryl methyl sites for hydroxylation is 1. The predicted octanol–water partition coefficient (Wildman–Crippen LogP) is 3.72. The normalized spacial score (nSPS) is 15.0. The first-order valence-corrected chi connectivity index (χ1v) is 11.9. The lowest BCUT2D eigenvalue weighted by atomic mass is 10.1. The number of nitrogens with zero attached hydrogens (tertiary/aromatic N) is 8. The number of hydrogen-bond donors (Lipinski definition) is 0. The minimum absolute atomic E-state index is 0.195. The van der Waals surface area contributed by atoms with E-state index in [1.807, 2.05) is 37.8 Å². The molecule has 6 rings (SSSR count). The van der Waals surface area contributed by atoms with Crippen molar-refractivity contribution in [1.29, 1.82) is 0 Å². The van der Waals surface area contributed by atoms with Gasteiger partial charge in [-0.15, -0.1) is 10.2 Å². The zero-order valence-electron chi connectivity index (χ0n) is 18.9. The van der Waals surface area contributed by atoms with E-state index in [1.165, 1.54) is 17.8 Å². The van der Waals surface area contributed by atoms with Crippen molar-refractivity contribution in [2.24, 2.45) is 7.05 Å². The molecule has 0 aliphatic carbocycles. The number of anilines is 1. The summed E-state index contributed by atoms with van der Waals surface area (Å²) in [6, 6.07) is 9.77. The van der Waals surface area contributed by atoms with Gasteiger partial charge in [-0.3, -0.25) is 14.1 Å². The number of fused-ring (bicyclic) bond motifs is 2. The van der Waals surface area contributed by atoms with Crippen LogP contribution in [0.1, 0.15) is 0 Å². The molecule has 4 aromatic heterocycles. The standard InChI is InChI=1S/C24H23FN8S/c1-30-6-8-32(9-7-30)19-10-16-4-3-5-21(22(16)26-13-19)34-24-29-28-23-20(25)11-17(15-33(23)24)18-12-27-31(2)14-18/h3-5,10-15H,6-9H2,1-2H3. The maximum atomic E-state index is 14.8. The van der Waals surface area contributed by atoms with Crippen molar-refractivity contribution in [1.82, 2.24) is 34.3 Å². The van der Waals surface area contributed by atoms with Gasteiger partial charge in [0.2, 0.25) is 5.16 Å². The first-order chi connectivity index (χ1) is 16.5. The Kier molecular flexibility index (Phi) is 5.19. The number of halogens is 1. The molecule has 0 N–H and O–H groups in total. The molecule has 0 saturated carbocycles. The smallest absolute Gasteiger partial charge is 0.200 e. The lowest BCUT2D eigenvalue weighted by Crippen LogP contribution is -2.44. The van der Waals surface area contributed by atoms with E-state index in [1.54, 1.807) is 15.3 Å². The molecule has 0 bridgehead atoms. The van der Waals surface area contributed by atoms with E-state index < -0.39 is 5.82 Å². The topological polar surface area (TPSA) is 67.4 Å². The summed E-state index contributed by atoms with van der Waals surface area (Å²) in [6.07, 6.45) is 7.36. The average molecular weight is 475 g/mol. The molecular formula is C24H23FN8S. The van der Waals surface area contributed by atoms with Gasteiger partial charge in [0.1, 0.15) is 0 Å². The summed E-state index contributed by atoms with van der Waals surface area (Å²) >= 11 is 1.43. The van der Waals surface area contributed by atoms with E-state index in [2.05, 4.69) is 44.3 Å². The Hall–Kier alpha value is -3.50. The Labute approximate surface area is 200 Å². The molecule has 1 saturated heterocycles. The minimum atomic E-state index is -0.423. The molecule has 0 unspecified atom stereocenters. The summed E-state index contributed by atoms with van der Waals surface area (Å²) in [6.45, 7) is 4.08. The van der Waals surface area contributed by atoms with E-state index in [-0.39, 0.29) is 5.65 Å². The van der Waals surface area contributed by atoms with E-state index in [0.29, 0.717) is 10.7 Å². The molecule has 1 fully saturated rings. The van der Waals surface area contributed by atoms with Gasteiger partial charge in [0, 0.05) is 67.0 Å². The molecule has 1 aliphatic rings. The van der Waals surface area contributed by atoms with E-state index in [4.69, 9.17) is 4.98 Å². The fraction of sp³-hybridized carbons (Fsp3) is 0.250. The zero-order chi connectivity index (χ0) is 23.2. The molecule has 1 aliphatic heterocycles. The first kappa shape index (κ1) is 21.1. The number of rotatable bonds is 4. The number of para-hydroxylation sites is 1. The molecule has 34 heavy (non-hydrogen) atoms. The molecule has 5 heterocycles. The van der Waals surface area contributed by atoms with Crippen LogP contribution in [0.15, 0.2) is 65.2 Å². The molecule has 10 heteroatoms. The van der Waals surface area contributed by atoms with Crippen LogP contribution >= 0.6 is 11.8 Å². The SMILES string of the molecule is CN1CCN(c2cnc3c(Sc4nnc5c(F)cc(-c6cnn(C)c6)cn45)cccc3c2)CC1. The monoisotopic (exact) mass is 474 g/mol. The molecule has 172 valence electrons. The van der Waals surface area contributed by atoms with Crippen molar-refractivity contribution in [3.63, 3.8) is 0 Å². The summed E-state index contributed by atoms with van der Waals surface area (Å²) in [5.41, 5.74) is 3.77. The fourth-order valence-electron chi connectivity index (χ4n) is 4.27. The molecule has 0 spiro atoms. The van der Waals surface area contributed by atoms with Gasteiger partial charge in [-0.2, -0.15) is 5.10 Å². The molecule has 5 aromatic rings. The van der Waals surface area contributed by atoms with Gasteiger partial charge < -0.3 is 9.80 Å². The second-order valence-corrected chi connectivity index (χ2v) is 9.58. The van der Waals surface area contributed by atoms with Crippen molar-refractivity contribution in [3.8, 4) is 11.1 Å². The van der Waals surface area contributed by atoms with Gasteiger partial charge in [0.25, 0.3) is 0 Å². The number of aromatic nitrogens is 6. The van der Waals surface area contributed by atoms with Gasteiger partial charge in [-0.1, -0.05) is 12.1 Å². The molecule has 8 nitrogen and oxygen atoms in total. The van der Waals surface area contributed by atoms with Crippen molar-refractivity contribution in [2.75, 3.05) is 38.1 Å². The van der Waals surface area contributed by atoms with Crippen LogP contribution in [-0.2, 0) is 7.05 Å². The summed E-state index contributed by atoms with van der Waals surface area (Å²) in [5, 5.41) is 14.2. The quantitative estimate of drug-likeness (QED) is 0.393. The molecular weight excluding hydrogens is 451 g/mol. The van der Waals surface area contributed by atoms with Gasteiger partial charge in [0.15, 0.2) is 11.5 Å². The third-order valence-electron chi connectivity index (χ3n) is 6.20. The van der Waals surface area contributed by atoms with Crippen LogP contribution in [0, 0.1) is 5.82 Å². The van der Waals surface area contributed by atoms with Gasteiger partial charge in [0.05, 0.1) is 23.6 Å². The summed E-state index contributed by atoms with van der Waals surface area (Å²) < 4.78 is 18.2. The Morgan fingerprint density at radius 1 is 0.941 bits per heavy atom. The second kappa shape index (κ2) is 8.37. The van der Waals surface area contributed by atoms with Crippen molar-refractivity contribution >= 4 is 34.0 Å². The van der Waals surface area contributed by atoms with Crippen molar-refractivity contribution in [2.45, 2.75) is 10.1 Å². The number of pyridine rings is 2. The molecule has 0 amide bonds. The lowest BCUT2D eigenvalue weighted by molar-refractivity contribution is 0.313. The Morgan fingerprint density at radius 3 is 2.59 bits per heavy atom. The maximum absolute atomic E-state index is 14.8. The van der Waals surface area contributed by atoms with E-state index in [9.17, 15) is 4.39 Å². The van der Waals surface area contributed by atoms with Crippen molar-refractivity contribution < 1.29 is 4.39 Å². The predicted molar refractivity (Wildman–Crippen MR) is 131 cm³/mol. The Morgan fingerprint density at radius 2 is 1.79 bits per heavy atom. The second-order valence-electron chi connectivity index (χ2n) is 8.57. The largest absolute Gasteiger partial charge is 0.368 e. The highest BCUT2D eigenvalue weighted by Gasteiger charge is 2.18. The van der Waals surface area contributed by atoms with Crippen LogP contribution in [-0.4, -0.2) is 67.5 Å². The first-order valence-electron chi connectivity index (χ1n) is 11.1. The van der Waals surface area contributed by atoms with Gasteiger partial charge in [-0.25, -0.2) is 4.39 Å². The van der Waals surface area contributed by atoms with E-state index >= 15 is 0 Å². The van der Waals surface area contributed by atoms with Crippen LogP contribution in [0.3, 0.4) is 0 Å². The van der Waals surface area contributed by atoms with Crippen LogP contribution in [0.2, 0.25) is 0 Å². The fourth-order valence-corrected chi connectivity index (χ4v) is 5.20. The average Bonchev–Trinajstić information content (AvgIpc) is 3.46. The van der Waals surface area contributed by atoms with Crippen LogP contribution < -0.4 is 4.90 Å². The zero-order valence-corrected chi connectivity index (χ0v) is 19.7. The number of piperazine rings is 1. The summed E-state index contributed by atoms with van der Waals surface area (Å²) in [5.74, 6) is -0.423. The van der Waals surface area contributed by atoms with Gasteiger partial charge >= 0.3 is 0 Å². The van der Waals surface area contributed by atoms with Crippen LogP contribution in [0.5, 0.6) is 0 Å². The highest BCUT2D eigenvalue weighted by atomic mass is 32.2. The maximum Gasteiger partial charge on any atom is 0.200 e. The third-order valence-corrected chi connectivity index (χ3v) is 7.21. The molecule has 0 atom stereocenters. The van der Waals surface area contributed by atoms with Crippen molar-refractivity contribution in [3.05, 3.63) is 60.9 Å². The summed E-state index contributed by atoms with van der Waals surface area (Å²) in [4.78, 5) is 10.5. The number of likely N-dealkylation sites (N-methyl/N-ethyl adjacent to an activating group) is 1. The number of hydrogen-bond acceptors (Lipinski definition) is 7. The van der Waals surface area contributed by atoms with Crippen LogP contribution in [0.4, 0.5) is 10.1 Å². The Balaban J connectivity index is 1.36.